The van der Waals surface area contributed by atoms with Crippen LogP contribution in [0.4, 0.5) is 11.4 Å². The van der Waals surface area contributed by atoms with Crippen LogP contribution in [0.1, 0.15) is 23.0 Å². The van der Waals surface area contributed by atoms with Gasteiger partial charge in [-0.1, -0.05) is 11.6 Å². The van der Waals surface area contributed by atoms with E-state index in [2.05, 4.69) is 5.32 Å². The average molecular weight is 413 g/mol. The van der Waals surface area contributed by atoms with Gasteiger partial charge in [-0.3, -0.25) is 14.4 Å². The molecule has 148 valence electrons. The van der Waals surface area contributed by atoms with Gasteiger partial charge in [-0.15, -0.1) is 0 Å². The lowest BCUT2D eigenvalue weighted by atomic mass is 10.1. The van der Waals surface area contributed by atoms with E-state index < -0.39 is 5.91 Å². The number of hydrogen-bond acceptors (Lipinski definition) is 5. The quantitative estimate of drug-likeness (QED) is 0.707. The molecule has 2 aromatic carbocycles. The number of amides is 2. The molecule has 4 rings (SSSR count). The molecular formula is C21H17ClN2O5. The van der Waals surface area contributed by atoms with E-state index in [-0.39, 0.29) is 29.3 Å². The third kappa shape index (κ3) is 3.45. The molecule has 2 amide bonds. The first-order chi connectivity index (χ1) is 13.9. The lowest BCUT2D eigenvalue weighted by Crippen LogP contribution is -2.38. The van der Waals surface area contributed by atoms with Crippen molar-refractivity contribution in [1.82, 2.24) is 0 Å². The summed E-state index contributed by atoms with van der Waals surface area (Å²) in [6.07, 6.45) is 0. The molecule has 0 aliphatic carbocycles. The SMILES string of the molecule is CCN1C(=O)COc2ccc(NC(=O)c3cc(=O)c4cc(Cl)c(C)cc4o3)cc21. The monoisotopic (exact) mass is 412 g/mol. The number of rotatable bonds is 3. The van der Waals surface area contributed by atoms with Crippen molar-refractivity contribution in [3.05, 3.63) is 63.0 Å². The minimum Gasteiger partial charge on any atom is -0.482 e. The summed E-state index contributed by atoms with van der Waals surface area (Å²) in [4.78, 5) is 38.6. The molecule has 0 radical (unpaired) electrons. The second-order valence-corrected chi connectivity index (χ2v) is 7.04. The molecule has 8 heteroatoms. The third-order valence-electron chi connectivity index (χ3n) is 4.71. The Kier molecular flexibility index (Phi) is 4.76. The molecule has 3 aromatic rings. The van der Waals surface area contributed by atoms with E-state index in [1.165, 1.54) is 6.07 Å². The van der Waals surface area contributed by atoms with Crippen molar-refractivity contribution in [1.29, 1.82) is 0 Å². The summed E-state index contributed by atoms with van der Waals surface area (Å²) in [5, 5.41) is 3.45. The molecule has 7 nitrogen and oxygen atoms in total. The minimum absolute atomic E-state index is 0.0156. The summed E-state index contributed by atoms with van der Waals surface area (Å²) in [5.74, 6) is -0.295. The van der Waals surface area contributed by atoms with Crippen LogP contribution < -0.4 is 20.4 Å². The van der Waals surface area contributed by atoms with Gasteiger partial charge in [0.15, 0.2) is 17.8 Å². The number of carbonyl (C=O) groups excluding carboxylic acids is 2. The smallest absolute Gasteiger partial charge is 0.291 e. The van der Waals surface area contributed by atoms with Gasteiger partial charge in [0.2, 0.25) is 0 Å². The molecule has 0 saturated heterocycles. The van der Waals surface area contributed by atoms with Crippen LogP contribution >= 0.6 is 11.6 Å². The Balaban J connectivity index is 1.67. The van der Waals surface area contributed by atoms with Crippen molar-refractivity contribution in [2.45, 2.75) is 13.8 Å². The Labute approximate surface area is 170 Å². The summed E-state index contributed by atoms with van der Waals surface area (Å²) in [6, 6.07) is 9.27. The highest BCUT2D eigenvalue weighted by atomic mass is 35.5. The van der Waals surface area contributed by atoms with Crippen LogP contribution in [-0.4, -0.2) is 25.0 Å². The van der Waals surface area contributed by atoms with Crippen molar-refractivity contribution >= 4 is 45.8 Å². The molecule has 0 bridgehead atoms. The summed E-state index contributed by atoms with van der Waals surface area (Å²) >= 11 is 6.06. The van der Waals surface area contributed by atoms with E-state index in [1.54, 1.807) is 36.1 Å². The van der Waals surface area contributed by atoms with Gasteiger partial charge in [-0.2, -0.15) is 0 Å². The third-order valence-corrected chi connectivity index (χ3v) is 5.12. The summed E-state index contributed by atoms with van der Waals surface area (Å²) in [5.41, 5.74) is 1.68. The number of carbonyl (C=O) groups is 2. The number of nitrogens with zero attached hydrogens (tertiary/aromatic N) is 1. The van der Waals surface area contributed by atoms with Crippen LogP contribution in [0.15, 0.2) is 45.6 Å². The zero-order chi connectivity index (χ0) is 20.7. The van der Waals surface area contributed by atoms with E-state index >= 15 is 0 Å². The van der Waals surface area contributed by atoms with E-state index in [0.29, 0.717) is 34.1 Å². The number of likely N-dealkylation sites (N-methyl/N-ethyl adjacent to an activating group) is 1. The lowest BCUT2D eigenvalue weighted by Gasteiger charge is -2.28. The maximum atomic E-state index is 12.7. The fraction of sp³-hybridized carbons (Fsp3) is 0.190. The minimum atomic E-state index is -0.581. The van der Waals surface area contributed by atoms with Crippen LogP contribution in [0.2, 0.25) is 5.02 Å². The van der Waals surface area contributed by atoms with Crippen LogP contribution in [0.25, 0.3) is 11.0 Å². The largest absolute Gasteiger partial charge is 0.482 e. The van der Waals surface area contributed by atoms with E-state index in [1.807, 2.05) is 6.92 Å². The molecule has 0 saturated carbocycles. The van der Waals surface area contributed by atoms with E-state index in [9.17, 15) is 14.4 Å². The molecular weight excluding hydrogens is 396 g/mol. The van der Waals surface area contributed by atoms with Crippen LogP contribution in [-0.2, 0) is 4.79 Å². The average Bonchev–Trinajstić information content (AvgIpc) is 2.69. The molecule has 1 aliphatic heterocycles. The molecule has 0 spiro atoms. The van der Waals surface area contributed by atoms with Crippen LogP contribution in [0.3, 0.4) is 0 Å². The van der Waals surface area contributed by atoms with Crippen LogP contribution in [0, 0.1) is 6.92 Å². The first kappa shape index (κ1) is 19.0. The van der Waals surface area contributed by atoms with Gasteiger partial charge in [0.25, 0.3) is 11.8 Å². The lowest BCUT2D eigenvalue weighted by molar-refractivity contribution is -0.121. The van der Waals surface area contributed by atoms with E-state index in [0.717, 1.165) is 11.6 Å². The fourth-order valence-corrected chi connectivity index (χ4v) is 3.37. The first-order valence-electron chi connectivity index (χ1n) is 9.00. The molecule has 2 heterocycles. The Morgan fingerprint density at radius 2 is 2.00 bits per heavy atom. The Hall–Kier alpha value is -3.32. The predicted octanol–water partition coefficient (Wildman–Crippen LogP) is 3.75. The molecule has 0 fully saturated rings. The molecule has 1 aromatic heterocycles. The number of halogens is 1. The maximum absolute atomic E-state index is 12.7. The standard InChI is InChI=1S/C21H17ClN2O5/c1-3-24-15-7-12(4-5-17(15)28-10-20(24)26)23-21(27)19-9-16(25)13-8-14(22)11(2)6-18(13)29-19/h4-9H,3,10H2,1-2H3,(H,23,27). The summed E-state index contributed by atoms with van der Waals surface area (Å²) < 4.78 is 11.0. The molecule has 29 heavy (non-hydrogen) atoms. The van der Waals surface area contributed by atoms with Crippen molar-refractivity contribution in [2.75, 3.05) is 23.4 Å². The number of ether oxygens (including phenoxy) is 1. The molecule has 1 aliphatic rings. The van der Waals surface area contributed by atoms with Crippen LogP contribution in [0.5, 0.6) is 5.75 Å². The maximum Gasteiger partial charge on any atom is 0.291 e. The zero-order valence-electron chi connectivity index (χ0n) is 15.7. The predicted molar refractivity (Wildman–Crippen MR) is 110 cm³/mol. The molecule has 1 N–H and O–H groups in total. The number of hydrogen-bond donors (Lipinski definition) is 1. The van der Waals surface area contributed by atoms with Gasteiger partial charge >= 0.3 is 0 Å². The Morgan fingerprint density at radius 1 is 1.21 bits per heavy atom. The number of anilines is 2. The van der Waals surface area contributed by atoms with Crippen molar-refractivity contribution in [3.63, 3.8) is 0 Å². The fourth-order valence-electron chi connectivity index (χ4n) is 3.21. The van der Waals surface area contributed by atoms with Crippen molar-refractivity contribution in [3.8, 4) is 5.75 Å². The van der Waals surface area contributed by atoms with Gasteiger partial charge in [0.1, 0.15) is 11.3 Å². The van der Waals surface area contributed by atoms with Gasteiger partial charge in [0.05, 0.1) is 11.1 Å². The Bertz CT molecular complexity index is 1220. The summed E-state index contributed by atoms with van der Waals surface area (Å²) in [6.45, 7) is 4.10. The summed E-state index contributed by atoms with van der Waals surface area (Å²) in [7, 11) is 0. The Morgan fingerprint density at radius 3 is 2.76 bits per heavy atom. The van der Waals surface area contributed by atoms with Gasteiger partial charge in [-0.25, -0.2) is 0 Å². The number of aryl methyl sites for hydroxylation is 1. The first-order valence-corrected chi connectivity index (χ1v) is 9.37. The van der Waals surface area contributed by atoms with Gasteiger partial charge in [0, 0.05) is 23.3 Å². The van der Waals surface area contributed by atoms with Crippen molar-refractivity contribution in [2.24, 2.45) is 0 Å². The molecule has 0 atom stereocenters. The van der Waals surface area contributed by atoms with Gasteiger partial charge in [-0.05, 0) is 49.7 Å². The normalized spacial score (nSPS) is 13.2. The highest BCUT2D eigenvalue weighted by Crippen LogP contribution is 2.34. The number of fused-ring (bicyclic) bond motifs is 2. The zero-order valence-corrected chi connectivity index (χ0v) is 16.5. The number of benzene rings is 2. The second-order valence-electron chi connectivity index (χ2n) is 6.64. The highest BCUT2D eigenvalue weighted by molar-refractivity contribution is 6.32. The highest BCUT2D eigenvalue weighted by Gasteiger charge is 2.25. The van der Waals surface area contributed by atoms with E-state index in [4.69, 9.17) is 20.8 Å². The van der Waals surface area contributed by atoms with Gasteiger partial charge < -0.3 is 19.4 Å². The topological polar surface area (TPSA) is 88.9 Å². The molecule has 0 unspecified atom stereocenters. The van der Waals surface area contributed by atoms with Crippen molar-refractivity contribution < 1.29 is 18.7 Å². The number of nitrogens with one attached hydrogen (secondary N) is 1. The second kappa shape index (κ2) is 7.25.